The minimum atomic E-state index is -0.926. The molecular weight excluding hydrogens is 410 g/mol. The molecule has 0 spiro atoms. The minimum absolute atomic E-state index is 0.0204. The van der Waals surface area contributed by atoms with Crippen molar-refractivity contribution in [3.63, 3.8) is 0 Å². The second-order valence-electron chi connectivity index (χ2n) is 9.22. The molecule has 1 heterocycles. The predicted molar refractivity (Wildman–Crippen MR) is 130 cm³/mol. The van der Waals surface area contributed by atoms with Crippen molar-refractivity contribution < 1.29 is 19.2 Å². The van der Waals surface area contributed by atoms with E-state index in [9.17, 15) is 14.7 Å². The van der Waals surface area contributed by atoms with Crippen molar-refractivity contribution in [3.05, 3.63) is 106 Å². The lowest BCUT2D eigenvalue weighted by Gasteiger charge is -2.47. The molecule has 33 heavy (non-hydrogen) atoms. The van der Waals surface area contributed by atoms with Crippen molar-refractivity contribution in [2.45, 2.75) is 45.6 Å². The molecule has 1 N–H and O–H groups in total. The zero-order chi connectivity index (χ0) is 23.4. The van der Waals surface area contributed by atoms with Crippen LogP contribution in [-0.4, -0.2) is 34.6 Å². The molecule has 3 aromatic rings. The van der Waals surface area contributed by atoms with Crippen molar-refractivity contribution in [1.29, 1.82) is 0 Å². The van der Waals surface area contributed by atoms with E-state index in [0.717, 1.165) is 18.4 Å². The fourth-order valence-electron chi connectivity index (χ4n) is 5.47. The first-order valence-corrected chi connectivity index (χ1v) is 11.7. The number of hydrogen-bond acceptors (Lipinski definition) is 2. The highest BCUT2D eigenvalue weighted by Crippen LogP contribution is 2.43. The minimum Gasteiger partial charge on any atom is -0.481 e. The van der Waals surface area contributed by atoms with Gasteiger partial charge in [0.15, 0.2) is 0 Å². The Kier molecular flexibility index (Phi) is 6.75. The summed E-state index contributed by atoms with van der Waals surface area (Å²) in [6.07, 6.45) is 1.50. The summed E-state index contributed by atoms with van der Waals surface area (Å²) in [7, 11) is 0. The fourth-order valence-corrected chi connectivity index (χ4v) is 5.47. The fraction of sp³-hybridized carbons (Fsp3) is 0.310. The molecule has 4 heteroatoms. The number of carboxylic acid groups (broad SMARTS) is 1. The Morgan fingerprint density at radius 2 is 1.61 bits per heavy atom. The van der Waals surface area contributed by atoms with Crippen LogP contribution in [0.4, 0.5) is 0 Å². The van der Waals surface area contributed by atoms with Gasteiger partial charge in [-0.05, 0) is 36.6 Å². The molecule has 4 nitrogen and oxygen atoms in total. The maximum Gasteiger partial charge on any atom is 0.315 e. The normalized spacial score (nSPS) is 19.6. The van der Waals surface area contributed by atoms with Gasteiger partial charge in [-0.2, -0.15) is 0 Å². The lowest BCUT2D eigenvalue weighted by atomic mass is 9.82. The van der Waals surface area contributed by atoms with Crippen molar-refractivity contribution in [2.24, 2.45) is 0 Å². The second kappa shape index (κ2) is 9.72. The Bertz CT molecular complexity index is 1140. The molecule has 1 aliphatic heterocycles. The molecule has 1 amide bonds. The summed E-state index contributed by atoms with van der Waals surface area (Å²) in [6.45, 7) is 5.59. The van der Waals surface area contributed by atoms with Crippen LogP contribution in [0.3, 0.4) is 0 Å². The van der Waals surface area contributed by atoms with Gasteiger partial charge in [0.05, 0.1) is 25.9 Å². The number of carbonyl (C=O) groups is 2. The molecule has 0 bridgehead atoms. The zero-order valence-electron chi connectivity index (χ0n) is 19.5. The topological polar surface area (TPSA) is 54.4 Å². The predicted octanol–water partition coefficient (Wildman–Crippen LogP) is 5.40. The molecular formula is C29H32NO3+. The van der Waals surface area contributed by atoms with E-state index in [-0.39, 0.29) is 29.3 Å². The van der Waals surface area contributed by atoms with Gasteiger partial charge in [0.2, 0.25) is 0 Å². The molecule has 4 rings (SSSR count). The Balaban J connectivity index is 1.86. The Morgan fingerprint density at radius 3 is 2.27 bits per heavy atom. The zero-order valence-corrected chi connectivity index (χ0v) is 19.5. The molecule has 0 saturated heterocycles. The van der Waals surface area contributed by atoms with E-state index in [1.807, 2.05) is 36.4 Å². The monoisotopic (exact) mass is 442 g/mol. The smallest absolute Gasteiger partial charge is 0.315 e. The first-order valence-electron chi connectivity index (χ1n) is 11.7. The average molecular weight is 443 g/mol. The third-order valence-electron chi connectivity index (χ3n) is 7.01. The van der Waals surface area contributed by atoms with Crippen molar-refractivity contribution in [2.75, 3.05) is 13.1 Å². The summed E-state index contributed by atoms with van der Waals surface area (Å²) in [6, 6.07) is 24.8. The summed E-state index contributed by atoms with van der Waals surface area (Å²) >= 11 is 0. The van der Waals surface area contributed by atoms with Gasteiger partial charge in [0.25, 0.3) is 0 Å². The lowest BCUT2D eigenvalue weighted by Crippen LogP contribution is -2.59. The number of amides is 1. The molecule has 0 aromatic heterocycles. The van der Waals surface area contributed by atoms with Crippen LogP contribution in [0.5, 0.6) is 0 Å². The number of fused-ring (bicyclic) bond motifs is 1. The van der Waals surface area contributed by atoms with Gasteiger partial charge in [-0.3, -0.25) is 9.28 Å². The molecule has 3 aromatic carbocycles. The van der Waals surface area contributed by atoms with E-state index in [1.165, 1.54) is 27.8 Å². The number of hydrogen-bond donors (Lipinski definition) is 1. The third-order valence-corrected chi connectivity index (χ3v) is 7.01. The second-order valence-corrected chi connectivity index (χ2v) is 9.22. The number of aliphatic carboxylic acids is 1. The number of benzene rings is 3. The maximum atomic E-state index is 13.9. The lowest BCUT2D eigenvalue weighted by molar-refractivity contribution is -0.882. The van der Waals surface area contributed by atoms with E-state index >= 15 is 0 Å². The van der Waals surface area contributed by atoms with E-state index in [0.29, 0.717) is 13.1 Å². The highest BCUT2D eigenvalue weighted by molar-refractivity contribution is 5.77. The van der Waals surface area contributed by atoms with Gasteiger partial charge in [-0.1, -0.05) is 72.3 Å². The van der Waals surface area contributed by atoms with Crippen LogP contribution in [0, 0.1) is 13.8 Å². The maximum absolute atomic E-state index is 13.9. The van der Waals surface area contributed by atoms with E-state index in [1.54, 1.807) is 0 Å². The number of nitrogens with zero attached hydrogens (tertiary/aromatic N) is 1. The van der Waals surface area contributed by atoms with Crippen LogP contribution < -0.4 is 0 Å². The van der Waals surface area contributed by atoms with Crippen LogP contribution >= 0.6 is 0 Å². The van der Waals surface area contributed by atoms with Gasteiger partial charge in [-0.25, -0.2) is 4.79 Å². The van der Waals surface area contributed by atoms with Gasteiger partial charge < -0.3 is 5.11 Å². The summed E-state index contributed by atoms with van der Waals surface area (Å²) in [5.41, 5.74) is 7.30. The number of quaternary nitrogens is 1. The molecule has 0 radical (unpaired) electrons. The van der Waals surface area contributed by atoms with Gasteiger partial charge in [-0.15, -0.1) is 0 Å². The van der Waals surface area contributed by atoms with Crippen LogP contribution in [0.15, 0.2) is 72.8 Å². The van der Waals surface area contributed by atoms with Gasteiger partial charge in [0, 0.05) is 24.0 Å². The summed E-state index contributed by atoms with van der Waals surface area (Å²) in [5, 5.41) is 9.31. The number of carbonyl (C=O) groups excluding carboxylic acids is 1. The number of rotatable bonds is 7. The molecule has 0 fully saturated rings. The summed E-state index contributed by atoms with van der Waals surface area (Å²) in [5.74, 6) is -0.906. The van der Waals surface area contributed by atoms with Crippen LogP contribution in [0.1, 0.15) is 52.3 Å². The van der Waals surface area contributed by atoms with Crippen molar-refractivity contribution >= 4 is 11.9 Å². The van der Waals surface area contributed by atoms with Crippen molar-refractivity contribution in [3.8, 4) is 0 Å². The summed E-state index contributed by atoms with van der Waals surface area (Å²) < 4.78 is 0.266. The number of carboxylic acids is 1. The molecule has 1 aliphatic rings. The third kappa shape index (κ3) is 4.76. The highest BCUT2D eigenvalue weighted by Gasteiger charge is 2.48. The largest absolute Gasteiger partial charge is 0.481 e. The van der Waals surface area contributed by atoms with Gasteiger partial charge >= 0.3 is 11.9 Å². The average Bonchev–Trinajstić information content (AvgIpc) is 2.81. The van der Waals surface area contributed by atoms with Crippen LogP contribution in [-0.2, 0) is 22.4 Å². The quantitative estimate of drug-likeness (QED) is 0.499. The van der Waals surface area contributed by atoms with Crippen molar-refractivity contribution in [1.82, 2.24) is 0 Å². The molecule has 170 valence electrons. The number of aryl methyl sites for hydroxylation is 2. The van der Waals surface area contributed by atoms with E-state index < -0.39 is 5.97 Å². The van der Waals surface area contributed by atoms with E-state index in [4.69, 9.17) is 0 Å². The molecule has 2 atom stereocenters. The molecule has 2 unspecified atom stereocenters. The SMILES string of the molecule is Cc1cc(C)c2c(c1)C(c1ccccc1)[N+](CCc1ccccc1)(C(=O)CCC(=O)O)CC2. The summed E-state index contributed by atoms with van der Waals surface area (Å²) in [4.78, 5) is 25.3. The Morgan fingerprint density at radius 1 is 0.939 bits per heavy atom. The van der Waals surface area contributed by atoms with Gasteiger partial charge in [0.1, 0.15) is 6.04 Å². The standard InChI is InChI=1S/C29H31NO3/c1-21-19-22(2)25-16-18-30(27(31)13-14-28(32)33,17-15-23-9-5-3-6-10-23)29(26(25)20-21)24-11-7-4-8-12-24/h3-12,19-20,29H,13-18H2,1-2H3/p+1. The molecule has 0 aliphatic carbocycles. The first-order chi connectivity index (χ1) is 15.9. The first kappa shape index (κ1) is 22.9. The highest BCUT2D eigenvalue weighted by atomic mass is 16.4. The van der Waals surface area contributed by atoms with Crippen LogP contribution in [0.2, 0.25) is 0 Å². The molecule has 0 saturated carbocycles. The Labute approximate surface area is 196 Å². The van der Waals surface area contributed by atoms with E-state index in [2.05, 4.69) is 50.2 Å². The van der Waals surface area contributed by atoms with Crippen LogP contribution in [0.25, 0.3) is 0 Å². The Hall–Kier alpha value is -3.24.